The molecule has 0 saturated carbocycles. The molecule has 5 nitrogen and oxygen atoms in total. The monoisotopic (exact) mass is 422 g/mol. The van der Waals surface area contributed by atoms with Crippen LogP contribution in [0.5, 0.6) is 5.75 Å². The van der Waals surface area contributed by atoms with Crippen molar-refractivity contribution in [2.75, 3.05) is 13.7 Å². The topological polar surface area (TPSA) is 58.6 Å². The third kappa shape index (κ3) is 5.63. The molecule has 1 atom stereocenters. The normalized spacial score (nSPS) is 11.6. The first-order chi connectivity index (χ1) is 13.2. The Kier molecular flexibility index (Phi) is 7.72. The molecule has 0 bridgehead atoms. The van der Waals surface area contributed by atoms with Gasteiger partial charge in [0.1, 0.15) is 11.8 Å². The Bertz CT molecular complexity index is 871. The van der Waals surface area contributed by atoms with Crippen molar-refractivity contribution in [1.82, 2.24) is 10.2 Å². The van der Waals surface area contributed by atoms with Crippen LogP contribution in [0, 0.1) is 13.8 Å². The summed E-state index contributed by atoms with van der Waals surface area (Å²) in [6.07, 6.45) is 0. The van der Waals surface area contributed by atoms with E-state index in [4.69, 9.17) is 27.9 Å². The summed E-state index contributed by atoms with van der Waals surface area (Å²) in [6, 6.07) is 10.2. The number of aryl methyl sites for hydroxylation is 2. The summed E-state index contributed by atoms with van der Waals surface area (Å²) in [7, 11) is 1.53. The lowest BCUT2D eigenvalue weighted by Crippen LogP contribution is -2.48. The van der Waals surface area contributed by atoms with Crippen molar-refractivity contribution in [3.8, 4) is 5.75 Å². The number of carbonyl (C=O) groups excluding carboxylic acids is 2. The average molecular weight is 423 g/mol. The van der Waals surface area contributed by atoms with E-state index >= 15 is 0 Å². The van der Waals surface area contributed by atoms with E-state index in [1.54, 1.807) is 25.1 Å². The molecule has 0 radical (unpaired) electrons. The summed E-state index contributed by atoms with van der Waals surface area (Å²) in [5, 5.41) is 3.51. The van der Waals surface area contributed by atoms with Crippen LogP contribution in [-0.4, -0.2) is 36.4 Å². The van der Waals surface area contributed by atoms with Crippen LogP contribution in [0.3, 0.4) is 0 Å². The zero-order valence-corrected chi connectivity index (χ0v) is 17.9. The molecule has 7 heteroatoms. The molecule has 0 saturated heterocycles. The van der Waals surface area contributed by atoms with Crippen molar-refractivity contribution >= 4 is 35.0 Å². The largest absolute Gasteiger partial charge is 0.483 e. The van der Waals surface area contributed by atoms with Gasteiger partial charge in [-0.2, -0.15) is 0 Å². The molecule has 28 heavy (non-hydrogen) atoms. The Morgan fingerprint density at radius 1 is 1.14 bits per heavy atom. The molecular weight excluding hydrogens is 399 g/mol. The minimum atomic E-state index is -0.688. The smallest absolute Gasteiger partial charge is 0.261 e. The van der Waals surface area contributed by atoms with E-state index in [0.29, 0.717) is 21.4 Å². The number of hydrogen-bond acceptors (Lipinski definition) is 3. The quantitative estimate of drug-likeness (QED) is 0.728. The number of likely N-dealkylation sites (N-methyl/N-ethyl adjacent to an activating group) is 1. The molecule has 2 aromatic rings. The molecule has 1 unspecified atom stereocenters. The third-order valence-electron chi connectivity index (χ3n) is 4.46. The first-order valence-electron chi connectivity index (χ1n) is 8.88. The van der Waals surface area contributed by atoms with Crippen LogP contribution in [0.2, 0.25) is 10.0 Å². The van der Waals surface area contributed by atoms with Crippen LogP contribution in [0.4, 0.5) is 0 Å². The van der Waals surface area contributed by atoms with E-state index in [1.165, 1.54) is 11.9 Å². The Labute approximate surface area is 175 Å². The summed E-state index contributed by atoms with van der Waals surface area (Å²) < 4.78 is 5.73. The van der Waals surface area contributed by atoms with Crippen LogP contribution in [0.25, 0.3) is 0 Å². The Morgan fingerprint density at radius 3 is 2.50 bits per heavy atom. The number of halogens is 2. The Hall–Kier alpha value is -2.24. The van der Waals surface area contributed by atoms with Crippen LogP contribution >= 0.6 is 23.2 Å². The van der Waals surface area contributed by atoms with E-state index in [1.807, 2.05) is 32.0 Å². The molecule has 2 aromatic carbocycles. The van der Waals surface area contributed by atoms with Crippen molar-refractivity contribution in [2.45, 2.75) is 33.4 Å². The van der Waals surface area contributed by atoms with E-state index in [9.17, 15) is 9.59 Å². The van der Waals surface area contributed by atoms with Crippen molar-refractivity contribution < 1.29 is 14.3 Å². The van der Waals surface area contributed by atoms with Gasteiger partial charge in [-0.15, -0.1) is 0 Å². The van der Waals surface area contributed by atoms with E-state index in [-0.39, 0.29) is 25.0 Å². The second-order valence-corrected chi connectivity index (χ2v) is 7.45. The second kappa shape index (κ2) is 9.80. The van der Waals surface area contributed by atoms with Gasteiger partial charge in [0.2, 0.25) is 5.91 Å². The van der Waals surface area contributed by atoms with Gasteiger partial charge in [-0.3, -0.25) is 9.59 Å². The molecule has 0 spiro atoms. The average Bonchev–Trinajstić information content (AvgIpc) is 2.66. The first kappa shape index (κ1) is 22.1. The maximum Gasteiger partial charge on any atom is 0.261 e. The van der Waals surface area contributed by atoms with Gasteiger partial charge in [0, 0.05) is 23.6 Å². The summed E-state index contributed by atoms with van der Waals surface area (Å²) in [5.74, 6) is 0.0543. The van der Waals surface area contributed by atoms with Crippen LogP contribution < -0.4 is 10.1 Å². The highest BCUT2D eigenvalue weighted by Gasteiger charge is 2.26. The number of carbonyl (C=O) groups is 2. The number of nitrogens with zero attached hydrogens (tertiary/aromatic N) is 1. The minimum Gasteiger partial charge on any atom is -0.483 e. The number of nitrogens with one attached hydrogen (secondary N) is 1. The van der Waals surface area contributed by atoms with Crippen LogP contribution in [-0.2, 0) is 16.1 Å². The summed E-state index contributed by atoms with van der Waals surface area (Å²) in [4.78, 5) is 26.5. The molecule has 2 amide bonds. The molecule has 0 aliphatic heterocycles. The lowest BCUT2D eigenvalue weighted by molar-refractivity contribution is -0.142. The van der Waals surface area contributed by atoms with Crippen molar-refractivity contribution in [3.05, 3.63) is 63.1 Å². The fraction of sp³-hybridized carbons (Fsp3) is 0.333. The second-order valence-electron chi connectivity index (χ2n) is 6.61. The van der Waals surface area contributed by atoms with Gasteiger partial charge < -0.3 is 15.0 Å². The molecule has 0 aliphatic carbocycles. The summed E-state index contributed by atoms with van der Waals surface area (Å²) in [5.41, 5.74) is 2.67. The highest BCUT2D eigenvalue weighted by atomic mass is 35.5. The van der Waals surface area contributed by atoms with Gasteiger partial charge >= 0.3 is 0 Å². The standard InChI is InChI=1S/C21H24Cl2N2O3/c1-13-5-6-14(2)19(9-13)28-12-20(26)25(15(3)21(27)24-4)11-16-7-8-17(22)10-18(16)23/h5-10,15H,11-12H2,1-4H3,(H,24,27). The van der Waals surface area contributed by atoms with Crippen molar-refractivity contribution in [3.63, 3.8) is 0 Å². The Morgan fingerprint density at radius 2 is 1.86 bits per heavy atom. The van der Waals surface area contributed by atoms with Crippen LogP contribution in [0.15, 0.2) is 36.4 Å². The molecule has 1 N–H and O–H groups in total. The lowest BCUT2D eigenvalue weighted by atomic mass is 10.1. The highest BCUT2D eigenvalue weighted by molar-refractivity contribution is 6.35. The minimum absolute atomic E-state index is 0.166. The third-order valence-corrected chi connectivity index (χ3v) is 5.05. The van der Waals surface area contributed by atoms with Gasteiger partial charge in [-0.25, -0.2) is 0 Å². The first-order valence-corrected chi connectivity index (χ1v) is 9.63. The molecule has 0 aromatic heterocycles. The van der Waals surface area contributed by atoms with Gasteiger partial charge in [0.25, 0.3) is 5.91 Å². The maximum atomic E-state index is 12.9. The predicted molar refractivity (Wildman–Crippen MR) is 112 cm³/mol. The van der Waals surface area contributed by atoms with Crippen molar-refractivity contribution in [2.24, 2.45) is 0 Å². The number of hydrogen-bond donors (Lipinski definition) is 1. The molecule has 0 aliphatic rings. The number of ether oxygens (including phenoxy) is 1. The zero-order chi connectivity index (χ0) is 20.8. The number of amides is 2. The molecule has 2 rings (SSSR count). The molecular formula is C21H24Cl2N2O3. The Balaban J connectivity index is 2.21. The van der Waals surface area contributed by atoms with Gasteiger partial charge in [0.15, 0.2) is 6.61 Å². The predicted octanol–water partition coefficient (Wildman–Crippen LogP) is 4.15. The maximum absolute atomic E-state index is 12.9. The summed E-state index contributed by atoms with van der Waals surface area (Å²) in [6.45, 7) is 5.52. The summed E-state index contributed by atoms with van der Waals surface area (Å²) >= 11 is 12.2. The van der Waals surface area contributed by atoms with Gasteiger partial charge in [-0.1, -0.05) is 41.4 Å². The number of rotatable bonds is 7. The van der Waals surface area contributed by atoms with E-state index in [2.05, 4.69) is 5.32 Å². The van der Waals surface area contributed by atoms with Gasteiger partial charge in [0.05, 0.1) is 0 Å². The van der Waals surface area contributed by atoms with E-state index < -0.39 is 6.04 Å². The molecule has 150 valence electrons. The van der Waals surface area contributed by atoms with Crippen LogP contribution in [0.1, 0.15) is 23.6 Å². The van der Waals surface area contributed by atoms with E-state index in [0.717, 1.165) is 11.1 Å². The number of benzene rings is 2. The highest BCUT2D eigenvalue weighted by Crippen LogP contribution is 2.24. The fourth-order valence-corrected chi connectivity index (χ4v) is 3.18. The van der Waals surface area contributed by atoms with Gasteiger partial charge in [-0.05, 0) is 55.7 Å². The fourth-order valence-electron chi connectivity index (χ4n) is 2.71. The lowest BCUT2D eigenvalue weighted by Gasteiger charge is -2.28. The SMILES string of the molecule is CNC(=O)C(C)N(Cc1ccc(Cl)cc1Cl)C(=O)COc1cc(C)ccc1C. The zero-order valence-electron chi connectivity index (χ0n) is 16.4. The van der Waals surface area contributed by atoms with Crippen molar-refractivity contribution in [1.29, 1.82) is 0 Å². The molecule has 0 fully saturated rings. The molecule has 0 heterocycles.